The minimum atomic E-state index is -4.61. The molecule has 1 heterocycles. The molecule has 1 saturated heterocycles. The quantitative estimate of drug-likeness (QED) is 0.551. The zero-order valence-corrected chi connectivity index (χ0v) is 16.8. The van der Waals surface area contributed by atoms with Crippen molar-refractivity contribution in [3.05, 3.63) is 33.8 Å². The molecule has 2 rings (SSSR count). The average molecular weight is 442 g/mol. The Morgan fingerprint density at radius 2 is 1.84 bits per heavy atom. The van der Waals surface area contributed by atoms with E-state index >= 15 is 0 Å². The summed E-state index contributed by atoms with van der Waals surface area (Å²) in [7, 11) is -4.61. The Kier molecular flexibility index (Phi) is 7.55. The highest BCUT2D eigenvalue weighted by atomic mass is 79.9. The molecule has 0 unspecified atom stereocenters. The van der Waals surface area contributed by atoms with Gasteiger partial charge in [-0.3, -0.25) is 9.46 Å². The lowest BCUT2D eigenvalue weighted by Gasteiger charge is -2.28. The lowest BCUT2D eigenvalue weighted by atomic mass is 10.1. The molecule has 0 bridgehead atoms. The van der Waals surface area contributed by atoms with E-state index in [1.807, 2.05) is 0 Å². The minimum Gasteiger partial charge on any atom is -0.379 e. The second-order valence-electron chi connectivity index (χ2n) is 5.58. The van der Waals surface area contributed by atoms with Gasteiger partial charge in [0.1, 0.15) is 0 Å². The molecule has 0 N–H and O–H groups in total. The lowest BCUT2D eigenvalue weighted by molar-refractivity contribution is 0.0335. The summed E-state index contributed by atoms with van der Waals surface area (Å²) in [6.45, 7) is 6.34. The van der Waals surface area contributed by atoms with Gasteiger partial charge in [-0.05, 0) is 25.5 Å². The molecule has 1 aliphatic rings. The number of hydrogen-bond donors (Lipinski definition) is 0. The maximum absolute atomic E-state index is 14.9. The van der Waals surface area contributed by atoms with Crippen molar-refractivity contribution in [2.45, 2.75) is 26.1 Å². The Labute approximate surface area is 155 Å². The number of rotatable bonds is 8. The van der Waals surface area contributed by atoms with Gasteiger partial charge in [-0.1, -0.05) is 28.1 Å². The van der Waals surface area contributed by atoms with Crippen molar-refractivity contribution >= 4 is 23.5 Å². The molecule has 142 valence electrons. The smallest absolute Gasteiger partial charge is 0.379 e. The number of morpholine rings is 1. The van der Waals surface area contributed by atoms with Crippen molar-refractivity contribution in [3.63, 3.8) is 0 Å². The first-order valence-electron chi connectivity index (χ1n) is 8.20. The molecule has 1 aromatic rings. The Hall–Kier alpha value is -0.370. The monoisotopic (exact) mass is 441 g/mol. The van der Waals surface area contributed by atoms with E-state index in [0.717, 1.165) is 18.7 Å². The summed E-state index contributed by atoms with van der Waals surface area (Å²) < 4.78 is 57.4. The van der Waals surface area contributed by atoms with Gasteiger partial charge in [-0.15, -0.1) is 0 Å². The molecule has 0 aliphatic carbocycles. The van der Waals surface area contributed by atoms with Crippen LogP contribution in [0.15, 0.2) is 22.7 Å². The van der Waals surface area contributed by atoms with E-state index in [4.69, 9.17) is 13.8 Å². The van der Waals surface area contributed by atoms with Gasteiger partial charge in [0.05, 0.1) is 26.4 Å². The normalized spacial score (nSPS) is 17.0. The highest BCUT2D eigenvalue weighted by Gasteiger charge is 2.55. The number of ether oxygens (including phenoxy) is 1. The van der Waals surface area contributed by atoms with Gasteiger partial charge < -0.3 is 13.8 Å². The summed E-state index contributed by atoms with van der Waals surface area (Å²) in [5.41, 5.74) is -3.26. The summed E-state index contributed by atoms with van der Waals surface area (Å²) in [5.74, 6) is 0. The third-order valence-corrected chi connectivity index (χ3v) is 6.59. The number of halogens is 3. The minimum absolute atomic E-state index is 0.125. The van der Waals surface area contributed by atoms with Gasteiger partial charge in [-0.25, -0.2) is 0 Å². The number of alkyl halides is 2. The Bertz CT molecular complexity index is 616. The maximum atomic E-state index is 14.9. The molecule has 0 radical (unpaired) electrons. The van der Waals surface area contributed by atoms with E-state index in [1.165, 1.54) is 19.9 Å². The molecule has 1 aliphatic heterocycles. The summed E-state index contributed by atoms with van der Waals surface area (Å²) in [6.07, 6.45) is 0. The van der Waals surface area contributed by atoms with Crippen molar-refractivity contribution in [1.29, 1.82) is 0 Å². The molecule has 0 amide bonds. The third-order valence-electron chi connectivity index (χ3n) is 3.81. The number of nitrogens with zero attached hydrogens (tertiary/aromatic N) is 1. The molecule has 9 heteroatoms. The van der Waals surface area contributed by atoms with E-state index in [1.54, 1.807) is 12.1 Å². The molecular weight excluding hydrogens is 419 g/mol. The fourth-order valence-electron chi connectivity index (χ4n) is 2.61. The van der Waals surface area contributed by atoms with Gasteiger partial charge >= 0.3 is 13.3 Å². The van der Waals surface area contributed by atoms with Crippen molar-refractivity contribution in [2.24, 2.45) is 0 Å². The molecule has 5 nitrogen and oxygen atoms in total. The van der Waals surface area contributed by atoms with Crippen molar-refractivity contribution in [2.75, 3.05) is 39.5 Å². The molecule has 0 aromatic heterocycles. The fraction of sp³-hybridized carbons (Fsp3) is 0.625. The third kappa shape index (κ3) is 4.87. The topological polar surface area (TPSA) is 48.0 Å². The SMILES string of the molecule is CCOP(=O)(OCC)C(F)(F)c1ccc(CN2CCOCC2)cc1Br. The highest BCUT2D eigenvalue weighted by molar-refractivity contribution is 9.10. The first-order chi connectivity index (χ1) is 11.8. The van der Waals surface area contributed by atoms with Crippen LogP contribution in [0, 0.1) is 0 Å². The molecule has 0 saturated carbocycles. The van der Waals surface area contributed by atoms with E-state index in [9.17, 15) is 13.3 Å². The van der Waals surface area contributed by atoms with E-state index in [-0.39, 0.29) is 17.7 Å². The summed E-state index contributed by atoms with van der Waals surface area (Å²) in [5, 5.41) is 0. The van der Waals surface area contributed by atoms with Crippen LogP contribution in [0.25, 0.3) is 0 Å². The molecular formula is C16H23BrF2NO4P. The first-order valence-corrected chi connectivity index (χ1v) is 10.5. The zero-order valence-electron chi connectivity index (χ0n) is 14.3. The van der Waals surface area contributed by atoms with Crippen LogP contribution in [-0.4, -0.2) is 44.4 Å². The van der Waals surface area contributed by atoms with E-state index in [2.05, 4.69) is 20.8 Å². The molecule has 1 aromatic carbocycles. The van der Waals surface area contributed by atoms with Gasteiger partial charge in [0.15, 0.2) is 0 Å². The lowest BCUT2D eigenvalue weighted by Crippen LogP contribution is -2.35. The van der Waals surface area contributed by atoms with Gasteiger partial charge in [0.25, 0.3) is 0 Å². The summed E-state index contributed by atoms with van der Waals surface area (Å²) in [4.78, 5) is 2.19. The van der Waals surface area contributed by atoms with Crippen molar-refractivity contribution in [1.82, 2.24) is 4.90 Å². The van der Waals surface area contributed by atoms with E-state index < -0.39 is 18.8 Å². The van der Waals surface area contributed by atoms with Crippen LogP contribution in [0.5, 0.6) is 0 Å². The van der Waals surface area contributed by atoms with Crippen molar-refractivity contribution in [3.8, 4) is 0 Å². The van der Waals surface area contributed by atoms with Crippen LogP contribution < -0.4 is 0 Å². The van der Waals surface area contributed by atoms with Crippen LogP contribution in [0.4, 0.5) is 8.78 Å². The van der Waals surface area contributed by atoms with Crippen molar-refractivity contribution < 1.29 is 27.1 Å². The van der Waals surface area contributed by atoms with Crippen LogP contribution >= 0.6 is 23.5 Å². The molecule has 25 heavy (non-hydrogen) atoms. The molecule has 0 spiro atoms. The largest absolute Gasteiger partial charge is 0.404 e. The molecule has 0 atom stereocenters. The Morgan fingerprint density at radius 1 is 1.24 bits per heavy atom. The second-order valence-corrected chi connectivity index (χ2v) is 8.50. The predicted octanol–water partition coefficient (Wildman–Crippen LogP) is 4.60. The van der Waals surface area contributed by atoms with Crippen LogP contribution in [0.2, 0.25) is 0 Å². The number of benzene rings is 1. The second kappa shape index (κ2) is 9.02. The molecule has 1 fully saturated rings. The summed E-state index contributed by atoms with van der Waals surface area (Å²) >= 11 is 3.19. The fourth-order valence-corrected chi connectivity index (χ4v) is 5.00. The van der Waals surface area contributed by atoms with Gasteiger partial charge in [0.2, 0.25) is 0 Å². The Morgan fingerprint density at radius 3 is 2.36 bits per heavy atom. The average Bonchev–Trinajstić information content (AvgIpc) is 2.56. The Balaban J connectivity index is 2.24. The first kappa shape index (κ1) is 20.9. The zero-order chi connectivity index (χ0) is 18.5. The van der Waals surface area contributed by atoms with Crippen LogP contribution in [0.3, 0.4) is 0 Å². The summed E-state index contributed by atoms with van der Waals surface area (Å²) in [6, 6.07) is 4.52. The van der Waals surface area contributed by atoms with E-state index in [0.29, 0.717) is 19.8 Å². The highest BCUT2D eigenvalue weighted by Crippen LogP contribution is 2.67. The number of hydrogen-bond acceptors (Lipinski definition) is 5. The van der Waals surface area contributed by atoms with Gasteiger partial charge in [0, 0.05) is 29.7 Å². The van der Waals surface area contributed by atoms with Crippen LogP contribution in [-0.2, 0) is 30.6 Å². The van der Waals surface area contributed by atoms with Crippen LogP contribution in [0.1, 0.15) is 25.0 Å². The van der Waals surface area contributed by atoms with Gasteiger partial charge in [-0.2, -0.15) is 8.78 Å². The standard InChI is InChI=1S/C16H23BrF2NO4P/c1-3-23-25(21,24-4-2)16(18,19)14-6-5-13(11-15(14)17)12-20-7-9-22-10-8-20/h5-6,11H,3-4,7-10,12H2,1-2H3. The maximum Gasteiger partial charge on any atom is 0.404 e. The predicted molar refractivity (Wildman–Crippen MR) is 95.0 cm³/mol.